The first-order valence-corrected chi connectivity index (χ1v) is 12.2. The molecule has 9 heteroatoms. The maximum Gasteiger partial charge on any atom is 0.217 e. The molecule has 3 aromatic rings. The molecular formula is C30H28ClNO7. The normalized spacial score (nSPS) is 12.7. The fourth-order valence-corrected chi connectivity index (χ4v) is 4.00. The Morgan fingerprint density at radius 2 is 1.26 bits per heavy atom. The second-order valence-electron chi connectivity index (χ2n) is 8.54. The van der Waals surface area contributed by atoms with E-state index in [1.807, 2.05) is 0 Å². The Balaban J connectivity index is 2.02. The summed E-state index contributed by atoms with van der Waals surface area (Å²) in [7, 11) is 2.81. The summed E-state index contributed by atoms with van der Waals surface area (Å²) in [6, 6.07) is 14.6. The molecule has 0 aliphatic rings. The molecule has 39 heavy (non-hydrogen) atoms. The summed E-state index contributed by atoms with van der Waals surface area (Å²) in [5.74, 6) is -2.54. The van der Waals surface area contributed by atoms with Crippen molar-refractivity contribution in [2.24, 2.45) is 5.92 Å². The smallest absolute Gasteiger partial charge is 0.217 e. The lowest BCUT2D eigenvalue weighted by atomic mass is 9.85. The summed E-state index contributed by atoms with van der Waals surface area (Å²) >= 11 is 6.03. The summed E-state index contributed by atoms with van der Waals surface area (Å²) in [6.07, 6.45) is 5.48. The molecule has 3 aromatic carbocycles. The van der Waals surface area contributed by atoms with Crippen LogP contribution in [0.1, 0.15) is 29.7 Å². The summed E-state index contributed by atoms with van der Waals surface area (Å²) in [4.78, 5) is 39.2. The molecule has 3 rings (SSSR count). The summed E-state index contributed by atoms with van der Waals surface area (Å²) in [5.41, 5.74) is 1.62. The van der Waals surface area contributed by atoms with Crippen molar-refractivity contribution in [2.75, 3.05) is 14.2 Å². The van der Waals surface area contributed by atoms with Crippen molar-refractivity contribution < 1.29 is 34.1 Å². The third kappa shape index (κ3) is 7.72. The minimum absolute atomic E-state index is 0.0570. The Kier molecular flexibility index (Phi) is 9.89. The number of phenolic OH excluding ortho intramolecular Hbond substituents is 2. The van der Waals surface area contributed by atoms with Gasteiger partial charge in [-0.15, -0.1) is 0 Å². The highest BCUT2D eigenvalue weighted by Gasteiger charge is 2.34. The Morgan fingerprint density at radius 1 is 0.795 bits per heavy atom. The van der Waals surface area contributed by atoms with Gasteiger partial charge in [-0.3, -0.25) is 14.4 Å². The van der Waals surface area contributed by atoms with Gasteiger partial charge in [0, 0.05) is 11.9 Å². The van der Waals surface area contributed by atoms with Gasteiger partial charge in [-0.25, -0.2) is 0 Å². The highest BCUT2D eigenvalue weighted by atomic mass is 35.5. The maximum atomic E-state index is 13.5. The van der Waals surface area contributed by atoms with E-state index in [9.17, 15) is 24.6 Å². The lowest BCUT2D eigenvalue weighted by Gasteiger charge is -2.25. The Hall–Kier alpha value is -4.56. The monoisotopic (exact) mass is 549 g/mol. The molecule has 8 nitrogen and oxygen atoms in total. The molecule has 0 aromatic heterocycles. The molecule has 0 saturated heterocycles. The summed E-state index contributed by atoms with van der Waals surface area (Å²) in [6.45, 7) is 1.30. The van der Waals surface area contributed by atoms with Crippen LogP contribution < -0.4 is 14.8 Å². The Bertz CT molecular complexity index is 1340. The first-order valence-electron chi connectivity index (χ1n) is 11.8. The average molecular weight is 550 g/mol. The molecule has 0 bridgehead atoms. The zero-order valence-corrected chi connectivity index (χ0v) is 22.3. The molecule has 1 unspecified atom stereocenters. The van der Waals surface area contributed by atoms with E-state index in [4.69, 9.17) is 21.1 Å². The first-order chi connectivity index (χ1) is 18.6. The molecule has 0 saturated carbocycles. The number of halogens is 1. The number of hydrogen-bond donors (Lipinski definition) is 3. The second kappa shape index (κ2) is 13.3. The van der Waals surface area contributed by atoms with Gasteiger partial charge in [0.15, 0.2) is 34.6 Å². The van der Waals surface area contributed by atoms with Crippen molar-refractivity contribution >= 4 is 41.2 Å². The quantitative estimate of drug-likeness (QED) is 0.224. The topological polar surface area (TPSA) is 122 Å². The number of ketones is 2. The van der Waals surface area contributed by atoms with Gasteiger partial charge in [-0.1, -0.05) is 48.0 Å². The van der Waals surface area contributed by atoms with Crippen LogP contribution in [0.4, 0.5) is 0 Å². The van der Waals surface area contributed by atoms with E-state index in [0.29, 0.717) is 21.7 Å². The van der Waals surface area contributed by atoms with E-state index in [0.717, 1.165) is 0 Å². The van der Waals surface area contributed by atoms with E-state index >= 15 is 0 Å². The number of rotatable bonds is 11. The van der Waals surface area contributed by atoms with Gasteiger partial charge >= 0.3 is 0 Å². The average Bonchev–Trinajstić information content (AvgIpc) is 2.92. The number of benzene rings is 3. The molecule has 0 spiro atoms. The van der Waals surface area contributed by atoms with E-state index in [-0.39, 0.29) is 23.0 Å². The SMILES string of the molecule is COc1cc(C=CC(=O)C(C(=O)C=Cc2ccc(O)c(OC)c2)C(NC(C)=O)c2ccc(Cl)cc2)ccc1O. The van der Waals surface area contributed by atoms with Crippen LogP contribution in [0, 0.1) is 5.92 Å². The first kappa shape index (κ1) is 29.0. The van der Waals surface area contributed by atoms with Gasteiger partial charge in [0.1, 0.15) is 5.92 Å². The zero-order valence-electron chi connectivity index (χ0n) is 21.6. The van der Waals surface area contributed by atoms with Gasteiger partial charge < -0.3 is 25.0 Å². The number of allylic oxidation sites excluding steroid dienone is 2. The predicted molar refractivity (Wildman–Crippen MR) is 149 cm³/mol. The maximum absolute atomic E-state index is 13.5. The van der Waals surface area contributed by atoms with Crippen LogP contribution in [0.25, 0.3) is 12.2 Å². The van der Waals surface area contributed by atoms with E-state index in [1.165, 1.54) is 57.6 Å². The van der Waals surface area contributed by atoms with Gasteiger partial charge in [-0.2, -0.15) is 0 Å². The molecule has 1 amide bonds. The lowest BCUT2D eigenvalue weighted by Crippen LogP contribution is -2.39. The van der Waals surface area contributed by atoms with Crippen LogP contribution in [-0.4, -0.2) is 41.9 Å². The third-order valence-corrected chi connectivity index (χ3v) is 6.07. The largest absolute Gasteiger partial charge is 0.504 e. The molecule has 0 heterocycles. The number of methoxy groups -OCH3 is 2. The van der Waals surface area contributed by atoms with Gasteiger partial charge in [-0.05, 0) is 65.2 Å². The van der Waals surface area contributed by atoms with Crippen LogP contribution in [-0.2, 0) is 14.4 Å². The Labute approximate surface area is 231 Å². The highest BCUT2D eigenvalue weighted by molar-refractivity contribution is 6.30. The molecular weight excluding hydrogens is 522 g/mol. The fourth-order valence-electron chi connectivity index (χ4n) is 3.88. The van der Waals surface area contributed by atoms with Crippen LogP contribution >= 0.6 is 11.6 Å². The Morgan fingerprint density at radius 3 is 1.67 bits per heavy atom. The predicted octanol–water partition coefficient (Wildman–Crippen LogP) is 5.13. The van der Waals surface area contributed by atoms with Gasteiger partial charge in [0.05, 0.1) is 20.3 Å². The van der Waals surface area contributed by atoms with Crippen LogP contribution in [0.3, 0.4) is 0 Å². The molecule has 202 valence electrons. The molecule has 0 radical (unpaired) electrons. The van der Waals surface area contributed by atoms with Gasteiger partial charge in [0.25, 0.3) is 0 Å². The molecule has 1 atom stereocenters. The van der Waals surface area contributed by atoms with Crippen molar-refractivity contribution in [2.45, 2.75) is 13.0 Å². The number of carbonyl (C=O) groups excluding carboxylic acids is 3. The van der Waals surface area contributed by atoms with Crippen molar-refractivity contribution in [3.05, 3.63) is 94.5 Å². The molecule has 0 aliphatic heterocycles. The van der Waals surface area contributed by atoms with E-state index in [2.05, 4.69) is 5.32 Å². The number of amides is 1. The van der Waals surface area contributed by atoms with E-state index in [1.54, 1.807) is 48.5 Å². The summed E-state index contributed by atoms with van der Waals surface area (Å²) < 4.78 is 10.2. The number of hydrogen-bond acceptors (Lipinski definition) is 7. The standard InChI is InChI=1S/C30H28ClNO7/c1-18(33)32-30(21-8-10-22(31)11-9-21)29(25(36)14-6-19-4-12-23(34)27(16-19)38-2)26(37)15-7-20-5-13-24(35)28(17-20)39-3/h4-17,29-30,34-35H,1-3H3,(H,32,33). The second-order valence-corrected chi connectivity index (χ2v) is 8.98. The molecule has 3 N–H and O–H groups in total. The number of aromatic hydroxyl groups is 2. The number of phenols is 2. The highest BCUT2D eigenvalue weighted by Crippen LogP contribution is 2.30. The van der Waals surface area contributed by atoms with Crippen molar-refractivity contribution in [3.8, 4) is 23.0 Å². The number of nitrogens with one attached hydrogen (secondary N) is 1. The number of ether oxygens (including phenoxy) is 2. The van der Waals surface area contributed by atoms with E-state index < -0.39 is 29.4 Å². The lowest BCUT2D eigenvalue weighted by molar-refractivity contribution is -0.129. The van der Waals surface area contributed by atoms with Crippen LogP contribution in [0.2, 0.25) is 5.02 Å². The summed E-state index contributed by atoms with van der Waals surface area (Å²) in [5, 5.41) is 22.9. The van der Waals surface area contributed by atoms with Crippen molar-refractivity contribution in [1.29, 1.82) is 0 Å². The fraction of sp³-hybridized carbons (Fsp3) is 0.167. The third-order valence-electron chi connectivity index (χ3n) is 5.82. The minimum atomic E-state index is -1.32. The number of carbonyl (C=O) groups is 3. The van der Waals surface area contributed by atoms with Crippen molar-refractivity contribution in [3.63, 3.8) is 0 Å². The van der Waals surface area contributed by atoms with Gasteiger partial charge in [0.2, 0.25) is 5.91 Å². The van der Waals surface area contributed by atoms with Crippen molar-refractivity contribution in [1.82, 2.24) is 5.32 Å². The molecule has 0 fully saturated rings. The minimum Gasteiger partial charge on any atom is -0.504 e. The zero-order chi connectivity index (χ0) is 28.5. The van der Waals surface area contributed by atoms with Crippen LogP contribution in [0.5, 0.6) is 23.0 Å². The van der Waals surface area contributed by atoms with Crippen LogP contribution in [0.15, 0.2) is 72.8 Å². The molecule has 0 aliphatic carbocycles.